The first-order valence-electron chi connectivity index (χ1n) is 9.99. The molecule has 3 aromatic rings. The number of ether oxygens (including phenoxy) is 3. The SMILES string of the molecule is COc1ccc(C(=O)N[C@H]2C[C@@H](c3nc(-c4ccc5c(c4)OCO5)no3)N(C)C2)cc1. The molecule has 1 aromatic heterocycles. The van der Waals surface area contributed by atoms with Gasteiger partial charge >= 0.3 is 0 Å². The molecule has 160 valence electrons. The van der Waals surface area contributed by atoms with Crippen LogP contribution in [0.4, 0.5) is 0 Å². The van der Waals surface area contributed by atoms with Gasteiger partial charge in [0.2, 0.25) is 18.5 Å². The lowest BCUT2D eigenvalue weighted by atomic mass is 10.1. The molecule has 0 spiro atoms. The Kier molecular flexibility index (Phi) is 4.95. The number of carbonyl (C=O) groups is 1. The van der Waals surface area contributed by atoms with E-state index in [2.05, 4.69) is 20.4 Å². The smallest absolute Gasteiger partial charge is 0.251 e. The number of carbonyl (C=O) groups excluding carboxylic acids is 1. The summed E-state index contributed by atoms with van der Waals surface area (Å²) in [4.78, 5) is 19.3. The Bertz CT molecular complexity index is 1100. The average molecular weight is 422 g/mol. The zero-order chi connectivity index (χ0) is 21.4. The highest BCUT2D eigenvalue weighted by Gasteiger charge is 2.35. The van der Waals surface area contributed by atoms with E-state index in [1.54, 1.807) is 31.4 Å². The van der Waals surface area contributed by atoms with Gasteiger partial charge in [-0.25, -0.2) is 0 Å². The summed E-state index contributed by atoms with van der Waals surface area (Å²) in [6, 6.07) is 12.5. The summed E-state index contributed by atoms with van der Waals surface area (Å²) in [5.74, 6) is 2.99. The first kappa shape index (κ1) is 19.4. The molecule has 0 unspecified atom stereocenters. The molecule has 2 aliphatic rings. The van der Waals surface area contributed by atoms with Crippen molar-refractivity contribution in [1.82, 2.24) is 20.4 Å². The maximum Gasteiger partial charge on any atom is 0.251 e. The summed E-state index contributed by atoms with van der Waals surface area (Å²) in [6.07, 6.45) is 0.682. The highest BCUT2D eigenvalue weighted by atomic mass is 16.7. The summed E-state index contributed by atoms with van der Waals surface area (Å²) in [5, 5.41) is 7.22. The number of fused-ring (bicyclic) bond motifs is 1. The molecule has 2 aromatic carbocycles. The molecule has 0 saturated carbocycles. The van der Waals surface area contributed by atoms with Gasteiger partial charge in [-0.1, -0.05) is 5.16 Å². The standard InChI is InChI=1S/C22H22N4O5/c1-26-11-15(23-21(27)13-3-6-16(28-2)7-4-13)10-17(26)22-24-20(25-31-22)14-5-8-18-19(9-14)30-12-29-18/h3-9,15,17H,10-12H2,1-2H3,(H,23,27)/t15-,17-/m0/s1. The number of benzene rings is 2. The van der Waals surface area contributed by atoms with Crippen molar-refractivity contribution in [2.45, 2.75) is 18.5 Å². The summed E-state index contributed by atoms with van der Waals surface area (Å²) in [6.45, 7) is 0.904. The zero-order valence-corrected chi connectivity index (χ0v) is 17.2. The van der Waals surface area contributed by atoms with Crippen molar-refractivity contribution >= 4 is 5.91 Å². The minimum absolute atomic E-state index is 0.0227. The van der Waals surface area contributed by atoms with Crippen LogP contribution in [0.2, 0.25) is 0 Å². The second kappa shape index (κ2) is 7.92. The highest BCUT2D eigenvalue weighted by Crippen LogP contribution is 2.36. The molecule has 1 fully saturated rings. The Morgan fingerprint density at radius 1 is 1.16 bits per heavy atom. The number of methoxy groups -OCH3 is 1. The molecule has 0 radical (unpaired) electrons. The van der Waals surface area contributed by atoms with Gasteiger partial charge in [0, 0.05) is 23.7 Å². The molecule has 3 heterocycles. The van der Waals surface area contributed by atoms with Crippen LogP contribution in [0.25, 0.3) is 11.4 Å². The van der Waals surface area contributed by atoms with E-state index < -0.39 is 0 Å². The van der Waals surface area contributed by atoms with Gasteiger partial charge in [0.15, 0.2) is 11.5 Å². The Hall–Kier alpha value is -3.59. The number of aromatic nitrogens is 2. The molecule has 1 amide bonds. The van der Waals surface area contributed by atoms with Gasteiger partial charge in [0.05, 0.1) is 13.2 Å². The second-order valence-electron chi connectivity index (χ2n) is 7.61. The lowest BCUT2D eigenvalue weighted by Gasteiger charge is -2.14. The molecular formula is C22H22N4O5. The van der Waals surface area contributed by atoms with Gasteiger partial charge in [-0.3, -0.25) is 9.69 Å². The fourth-order valence-electron chi connectivity index (χ4n) is 3.93. The number of rotatable bonds is 5. The number of nitrogens with zero attached hydrogens (tertiary/aromatic N) is 3. The summed E-state index contributed by atoms with van der Waals surface area (Å²) in [7, 11) is 3.58. The van der Waals surface area contributed by atoms with Gasteiger partial charge < -0.3 is 24.1 Å². The Morgan fingerprint density at radius 2 is 1.97 bits per heavy atom. The minimum atomic E-state index is -0.117. The molecule has 1 saturated heterocycles. The monoisotopic (exact) mass is 422 g/mol. The van der Waals surface area contributed by atoms with Crippen LogP contribution in [0, 0.1) is 0 Å². The fourth-order valence-corrected chi connectivity index (χ4v) is 3.93. The Balaban J connectivity index is 1.26. The molecule has 0 bridgehead atoms. The van der Waals surface area contributed by atoms with Crippen LogP contribution in [0.3, 0.4) is 0 Å². The van der Waals surface area contributed by atoms with Crippen LogP contribution >= 0.6 is 0 Å². The van der Waals surface area contributed by atoms with E-state index in [0.717, 1.165) is 5.56 Å². The molecule has 2 atom stereocenters. The van der Waals surface area contributed by atoms with Gasteiger partial charge in [0.25, 0.3) is 5.91 Å². The van der Waals surface area contributed by atoms with Crippen molar-refractivity contribution in [2.24, 2.45) is 0 Å². The second-order valence-corrected chi connectivity index (χ2v) is 7.61. The third kappa shape index (κ3) is 3.79. The number of hydrogen-bond donors (Lipinski definition) is 1. The summed E-state index contributed by atoms with van der Waals surface area (Å²) < 4.78 is 21.5. The number of likely N-dealkylation sites (N-methyl/N-ethyl adjacent to an activating group) is 1. The maximum atomic E-state index is 12.6. The maximum absolute atomic E-state index is 12.6. The van der Waals surface area contributed by atoms with Gasteiger partial charge in [-0.05, 0) is 55.9 Å². The van der Waals surface area contributed by atoms with Crippen molar-refractivity contribution in [3.8, 4) is 28.6 Å². The third-order valence-corrected chi connectivity index (χ3v) is 5.59. The topological polar surface area (TPSA) is 99.0 Å². The summed E-state index contributed by atoms with van der Waals surface area (Å²) >= 11 is 0. The van der Waals surface area contributed by atoms with E-state index >= 15 is 0 Å². The van der Waals surface area contributed by atoms with Crippen molar-refractivity contribution < 1.29 is 23.5 Å². The number of amides is 1. The molecule has 9 nitrogen and oxygen atoms in total. The number of likely N-dealkylation sites (tertiary alicyclic amines) is 1. The van der Waals surface area contributed by atoms with E-state index in [1.165, 1.54) is 0 Å². The largest absolute Gasteiger partial charge is 0.497 e. The van der Waals surface area contributed by atoms with Gasteiger partial charge in [-0.2, -0.15) is 4.98 Å². The van der Waals surface area contributed by atoms with Crippen molar-refractivity contribution in [3.63, 3.8) is 0 Å². The van der Waals surface area contributed by atoms with E-state index in [9.17, 15) is 4.79 Å². The average Bonchev–Trinajstić information content (AvgIpc) is 3.52. The first-order valence-corrected chi connectivity index (χ1v) is 9.99. The molecular weight excluding hydrogens is 400 g/mol. The third-order valence-electron chi connectivity index (χ3n) is 5.59. The van der Waals surface area contributed by atoms with Crippen molar-refractivity contribution in [1.29, 1.82) is 0 Å². The zero-order valence-electron chi connectivity index (χ0n) is 17.2. The fraction of sp³-hybridized carbons (Fsp3) is 0.318. The van der Waals surface area contributed by atoms with Gasteiger partial charge in [0.1, 0.15) is 5.75 Å². The van der Waals surface area contributed by atoms with Crippen LogP contribution in [0.5, 0.6) is 17.2 Å². The first-order chi connectivity index (χ1) is 15.1. The van der Waals surface area contributed by atoms with Crippen LogP contribution in [-0.2, 0) is 0 Å². The van der Waals surface area contributed by atoms with Crippen LogP contribution < -0.4 is 19.5 Å². The number of nitrogens with one attached hydrogen (secondary N) is 1. The predicted molar refractivity (Wildman–Crippen MR) is 110 cm³/mol. The molecule has 0 aliphatic carbocycles. The number of hydrogen-bond acceptors (Lipinski definition) is 8. The van der Waals surface area contributed by atoms with Crippen LogP contribution in [0.1, 0.15) is 28.7 Å². The summed E-state index contributed by atoms with van der Waals surface area (Å²) in [5.41, 5.74) is 1.39. The molecule has 9 heteroatoms. The van der Waals surface area contributed by atoms with E-state index in [4.69, 9.17) is 18.7 Å². The Morgan fingerprint density at radius 3 is 2.77 bits per heavy atom. The molecule has 5 rings (SSSR count). The lowest BCUT2D eigenvalue weighted by Crippen LogP contribution is -2.36. The molecule has 1 N–H and O–H groups in total. The minimum Gasteiger partial charge on any atom is -0.497 e. The van der Waals surface area contributed by atoms with Crippen molar-refractivity contribution in [3.05, 3.63) is 53.9 Å². The normalized spacial score (nSPS) is 20.1. The van der Waals surface area contributed by atoms with Gasteiger partial charge in [-0.15, -0.1) is 0 Å². The van der Waals surface area contributed by atoms with E-state index in [-0.39, 0.29) is 24.8 Å². The van der Waals surface area contributed by atoms with E-state index in [1.807, 2.05) is 25.2 Å². The lowest BCUT2D eigenvalue weighted by molar-refractivity contribution is 0.0938. The van der Waals surface area contributed by atoms with Crippen LogP contribution in [0.15, 0.2) is 47.0 Å². The van der Waals surface area contributed by atoms with Crippen molar-refractivity contribution in [2.75, 3.05) is 27.5 Å². The molecule has 2 aliphatic heterocycles. The highest BCUT2D eigenvalue weighted by molar-refractivity contribution is 5.94. The van der Waals surface area contributed by atoms with Crippen LogP contribution in [-0.4, -0.2) is 54.5 Å². The molecule has 31 heavy (non-hydrogen) atoms. The quantitative estimate of drug-likeness (QED) is 0.670. The van der Waals surface area contributed by atoms with E-state index in [0.29, 0.717) is 47.5 Å². The predicted octanol–water partition coefficient (Wildman–Crippen LogP) is 2.65. The Labute approximate surface area is 178 Å².